The van der Waals surface area contributed by atoms with Crippen molar-refractivity contribution in [2.24, 2.45) is 0 Å². The van der Waals surface area contributed by atoms with Crippen molar-refractivity contribution >= 4 is 5.69 Å². The van der Waals surface area contributed by atoms with Crippen LogP contribution in [0.2, 0.25) is 0 Å². The molecule has 0 atom stereocenters. The Bertz CT molecular complexity index is 515. The predicted molar refractivity (Wildman–Crippen MR) is 77.9 cm³/mol. The van der Waals surface area contributed by atoms with Crippen molar-refractivity contribution in [2.75, 3.05) is 12.3 Å². The summed E-state index contributed by atoms with van der Waals surface area (Å²) in [5.74, 6) is 2.32. The maximum absolute atomic E-state index is 5.92. The van der Waals surface area contributed by atoms with Crippen molar-refractivity contribution < 1.29 is 9.47 Å². The van der Waals surface area contributed by atoms with Gasteiger partial charge >= 0.3 is 0 Å². The number of rotatable bonds is 5. The first kappa shape index (κ1) is 13.3. The monoisotopic (exact) mass is 257 g/mol. The van der Waals surface area contributed by atoms with Crippen molar-refractivity contribution in [2.45, 2.75) is 20.3 Å². The Morgan fingerprint density at radius 3 is 2.32 bits per heavy atom. The van der Waals surface area contributed by atoms with E-state index >= 15 is 0 Å². The zero-order chi connectivity index (χ0) is 13.7. The van der Waals surface area contributed by atoms with Crippen molar-refractivity contribution in [1.82, 2.24) is 0 Å². The number of anilines is 1. The summed E-state index contributed by atoms with van der Waals surface area (Å²) in [6, 6.07) is 13.3. The highest BCUT2D eigenvalue weighted by Gasteiger charge is 2.05. The minimum absolute atomic E-state index is 0.645. The summed E-state index contributed by atoms with van der Waals surface area (Å²) >= 11 is 0. The Balaban J connectivity index is 2.11. The lowest BCUT2D eigenvalue weighted by Gasteiger charge is -2.11. The van der Waals surface area contributed by atoms with Crippen molar-refractivity contribution in [3.8, 4) is 17.2 Å². The molecule has 0 amide bonds. The van der Waals surface area contributed by atoms with Crippen LogP contribution in [-0.2, 0) is 0 Å². The van der Waals surface area contributed by atoms with Crippen LogP contribution >= 0.6 is 0 Å². The molecule has 0 aliphatic rings. The number of aryl methyl sites for hydroxylation is 1. The third-order valence-electron chi connectivity index (χ3n) is 2.76. The van der Waals surface area contributed by atoms with Gasteiger partial charge in [0.25, 0.3) is 0 Å². The lowest BCUT2D eigenvalue weighted by atomic mass is 10.2. The molecule has 0 fully saturated rings. The Labute approximate surface area is 114 Å². The SMILES string of the molecule is CCCOc1ccc(Oc2c(C)cccc2N)cc1. The highest BCUT2D eigenvalue weighted by atomic mass is 16.5. The van der Waals surface area contributed by atoms with E-state index < -0.39 is 0 Å². The van der Waals surface area contributed by atoms with E-state index in [0.717, 1.165) is 30.1 Å². The minimum atomic E-state index is 0.645. The van der Waals surface area contributed by atoms with E-state index in [1.807, 2.05) is 49.4 Å². The number of ether oxygens (including phenoxy) is 2. The fourth-order valence-corrected chi connectivity index (χ4v) is 1.76. The Morgan fingerprint density at radius 1 is 1.00 bits per heavy atom. The second-order valence-corrected chi connectivity index (χ2v) is 4.42. The molecule has 0 unspecified atom stereocenters. The molecule has 100 valence electrons. The quantitative estimate of drug-likeness (QED) is 0.818. The molecule has 0 aliphatic heterocycles. The molecule has 0 aliphatic carbocycles. The van der Waals surface area contributed by atoms with Crippen LogP contribution in [-0.4, -0.2) is 6.61 Å². The fraction of sp³-hybridized carbons (Fsp3) is 0.250. The van der Waals surface area contributed by atoms with Crippen LogP contribution in [0.5, 0.6) is 17.2 Å². The summed E-state index contributed by atoms with van der Waals surface area (Å²) in [6.07, 6.45) is 0.998. The Morgan fingerprint density at radius 2 is 1.68 bits per heavy atom. The average Bonchev–Trinajstić information content (AvgIpc) is 2.42. The van der Waals surface area contributed by atoms with Gasteiger partial charge in [-0.3, -0.25) is 0 Å². The van der Waals surface area contributed by atoms with Crippen molar-refractivity contribution in [3.63, 3.8) is 0 Å². The van der Waals surface area contributed by atoms with E-state index in [-0.39, 0.29) is 0 Å². The second kappa shape index (κ2) is 6.14. The maximum atomic E-state index is 5.92. The molecule has 2 aromatic rings. The number of nitrogens with two attached hydrogens (primary N) is 1. The standard InChI is InChI=1S/C16H19NO2/c1-3-11-18-13-7-9-14(10-8-13)19-16-12(2)5-4-6-15(16)17/h4-10H,3,11,17H2,1-2H3. The van der Waals surface area contributed by atoms with Gasteiger partial charge in [0.15, 0.2) is 5.75 Å². The molecule has 0 saturated heterocycles. The summed E-state index contributed by atoms with van der Waals surface area (Å²) < 4.78 is 11.3. The fourth-order valence-electron chi connectivity index (χ4n) is 1.76. The summed E-state index contributed by atoms with van der Waals surface area (Å²) in [5, 5.41) is 0. The van der Waals surface area contributed by atoms with E-state index in [0.29, 0.717) is 11.4 Å². The maximum Gasteiger partial charge on any atom is 0.153 e. The molecule has 0 saturated carbocycles. The van der Waals surface area contributed by atoms with Crippen LogP contribution in [0.15, 0.2) is 42.5 Å². The van der Waals surface area contributed by atoms with Gasteiger partial charge in [-0.25, -0.2) is 0 Å². The summed E-state index contributed by atoms with van der Waals surface area (Å²) in [6.45, 7) is 4.79. The summed E-state index contributed by atoms with van der Waals surface area (Å²) in [5.41, 5.74) is 7.58. The number of para-hydroxylation sites is 1. The highest BCUT2D eigenvalue weighted by molar-refractivity contribution is 5.57. The molecular weight excluding hydrogens is 238 g/mol. The van der Waals surface area contributed by atoms with Crippen LogP contribution in [0, 0.1) is 6.92 Å². The first-order valence-electron chi connectivity index (χ1n) is 6.46. The predicted octanol–water partition coefficient (Wildman–Crippen LogP) is 4.16. The summed E-state index contributed by atoms with van der Waals surface area (Å²) in [7, 11) is 0. The van der Waals surface area contributed by atoms with Gasteiger partial charge in [-0.05, 0) is 49.2 Å². The van der Waals surface area contributed by atoms with Crippen LogP contribution in [0.1, 0.15) is 18.9 Å². The molecule has 2 rings (SSSR count). The first-order chi connectivity index (χ1) is 9.20. The molecule has 0 heterocycles. The molecule has 0 spiro atoms. The number of benzene rings is 2. The van der Waals surface area contributed by atoms with Gasteiger partial charge in [-0.2, -0.15) is 0 Å². The van der Waals surface area contributed by atoms with Crippen LogP contribution in [0.3, 0.4) is 0 Å². The van der Waals surface area contributed by atoms with Crippen LogP contribution in [0.4, 0.5) is 5.69 Å². The zero-order valence-electron chi connectivity index (χ0n) is 11.3. The Kier molecular flexibility index (Phi) is 4.29. The first-order valence-corrected chi connectivity index (χ1v) is 6.46. The largest absolute Gasteiger partial charge is 0.494 e. The van der Waals surface area contributed by atoms with E-state index in [1.54, 1.807) is 0 Å². The number of hydrogen-bond acceptors (Lipinski definition) is 3. The molecule has 0 aromatic heterocycles. The number of nitrogen functional groups attached to an aromatic ring is 1. The van der Waals surface area contributed by atoms with Gasteiger partial charge < -0.3 is 15.2 Å². The van der Waals surface area contributed by atoms with E-state index in [9.17, 15) is 0 Å². The topological polar surface area (TPSA) is 44.5 Å². The van der Waals surface area contributed by atoms with Gasteiger partial charge in [0.05, 0.1) is 12.3 Å². The smallest absolute Gasteiger partial charge is 0.153 e. The van der Waals surface area contributed by atoms with Gasteiger partial charge in [0.1, 0.15) is 11.5 Å². The van der Waals surface area contributed by atoms with Crippen molar-refractivity contribution in [3.05, 3.63) is 48.0 Å². The van der Waals surface area contributed by atoms with Gasteiger partial charge in [-0.1, -0.05) is 19.1 Å². The lowest BCUT2D eigenvalue weighted by molar-refractivity contribution is 0.317. The second-order valence-electron chi connectivity index (χ2n) is 4.42. The highest BCUT2D eigenvalue weighted by Crippen LogP contribution is 2.31. The van der Waals surface area contributed by atoms with E-state index in [4.69, 9.17) is 15.2 Å². The zero-order valence-corrected chi connectivity index (χ0v) is 11.3. The third kappa shape index (κ3) is 3.41. The Hall–Kier alpha value is -2.16. The molecule has 19 heavy (non-hydrogen) atoms. The van der Waals surface area contributed by atoms with E-state index in [2.05, 4.69) is 6.92 Å². The molecule has 0 radical (unpaired) electrons. The summed E-state index contributed by atoms with van der Waals surface area (Å²) in [4.78, 5) is 0. The van der Waals surface area contributed by atoms with E-state index in [1.165, 1.54) is 0 Å². The van der Waals surface area contributed by atoms with Gasteiger partial charge in [-0.15, -0.1) is 0 Å². The molecular formula is C16H19NO2. The third-order valence-corrected chi connectivity index (χ3v) is 2.76. The molecule has 2 N–H and O–H groups in total. The van der Waals surface area contributed by atoms with Gasteiger partial charge in [0.2, 0.25) is 0 Å². The molecule has 3 heteroatoms. The minimum Gasteiger partial charge on any atom is -0.494 e. The normalized spacial score (nSPS) is 10.2. The average molecular weight is 257 g/mol. The van der Waals surface area contributed by atoms with Crippen molar-refractivity contribution in [1.29, 1.82) is 0 Å². The number of hydrogen-bond donors (Lipinski definition) is 1. The molecule has 3 nitrogen and oxygen atoms in total. The molecule has 2 aromatic carbocycles. The lowest BCUT2D eigenvalue weighted by Crippen LogP contribution is -1.96. The van der Waals surface area contributed by atoms with Crippen LogP contribution in [0.25, 0.3) is 0 Å². The van der Waals surface area contributed by atoms with Crippen LogP contribution < -0.4 is 15.2 Å². The van der Waals surface area contributed by atoms with Gasteiger partial charge in [0, 0.05) is 0 Å². The molecule has 0 bridgehead atoms.